The number of hydrogen-bond donors (Lipinski definition) is 2. The van der Waals surface area contributed by atoms with Crippen molar-refractivity contribution in [2.75, 3.05) is 5.32 Å². The lowest BCUT2D eigenvalue weighted by Crippen LogP contribution is -2.34. The van der Waals surface area contributed by atoms with Crippen LogP contribution in [0.25, 0.3) is 0 Å². The van der Waals surface area contributed by atoms with Crippen LogP contribution in [0, 0.1) is 23.2 Å². The van der Waals surface area contributed by atoms with Gasteiger partial charge in [-0.2, -0.15) is 5.26 Å². The lowest BCUT2D eigenvalue weighted by atomic mass is 9.82. The van der Waals surface area contributed by atoms with Gasteiger partial charge < -0.3 is 15.2 Å². The van der Waals surface area contributed by atoms with Crippen molar-refractivity contribution >= 4 is 17.6 Å². The van der Waals surface area contributed by atoms with Gasteiger partial charge in [0.15, 0.2) is 0 Å². The standard InChI is InChI=1S/C21H18N2O4/c22-13-14-5-9-16(10-6-14)27-17-11-7-15(8-12-17)23-20(24)18-3-1-2-4-19(18)21(25)26/h1-2,5-12,18-19H,3-4H2,(H,23,24)(H,25,26)/t18-,19-/m0/s1. The van der Waals surface area contributed by atoms with Crippen LogP contribution >= 0.6 is 0 Å². The third kappa shape index (κ3) is 4.53. The number of carbonyl (C=O) groups is 2. The number of carboxylic acids is 1. The number of anilines is 1. The zero-order chi connectivity index (χ0) is 19.2. The molecule has 0 heterocycles. The molecule has 2 aromatic rings. The highest BCUT2D eigenvalue weighted by molar-refractivity contribution is 5.95. The van der Waals surface area contributed by atoms with Crippen LogP contribution < -0.4 is 10.1 Å². The molecule has 6 nitrogen and oxygen atoms in total. The highest BCUT2D eigenvalue weighted by Crippen LogP contribution is 2.28. The summed E-state index contributed by atoms with van der Waals surface area (Å²) in [6.45, 7) is 0. The molecule has 0 fully saturated rings. The molecular formula is C21H18N2O4. The van der Waals surface area contributed by atoms with E-state index >= 15 is 0 Å². The molecule has 27 heavy (non-hydrogen) atoms. The Kier molecular flexibility index (Phi) is 5.53. The molecule has 0 radical (unpaired) electrons. The summed E-state index contributed by atoms with van der Waals surface area (Å²) in [5, 5.41) is 20.9. The van der Waals surface area contributed by atoms with Crippen LogP contribution in [0.3, 0.4) is 0 Å². The summed E-state index contributed by atoms with van der Waals surface area (Å²) >= 11 is 0. The van der Waals surface area contributed by atoms with E-state index in [4.69, 9.17) is 10.00 Å². The van der Waals surface area contributed by atoms with E-state index in [-0.39, 0.29) is 5.91 Å². The number of ether oxygens (including phenoxy) is 1. The average molecular weight is 362 g/mol. The predicted octanol–water partition coefficient (Wildman–Crippen LogP) is 3.96. The van der Waals surface area contributed by atoms with Crippen molar-refractivity contribution in [3.8, 4) is 17.6 Å². The van der Waals surface area contributed by atoms with Crippen LogP contribution in [0.1, 0.15) is 18.4 Å². The van der Waals surface area contributed by atoms with E-state index in [2.05, 4.69) is 5.32 Å². The van der Waals surface area contributed by atoms with Crippen LogP contribution in [0.5, 0.6) is 11.5 Å². The van der Waals surface area contributed by atoms with Gasteiger partial charge in [-0.25, -0.2) is 0 Å². The zero-order valence-electron chi connectivity index (χ0n) is 14.5. The molecule has 0 spiro atoms. The topological polar surface area (TPSA) is 99.4 Å². The van der Waals surface area contributed by atoms with E-state index < -0.39 is 17.8 Å². The van der Waals surface area contributed by atoms with Crippen molar-refractivity contribution in [2.45, 2.75) is 12.8 Å². The number of rotatable bonds is 5. The second kappa shape index (κ2) is 8.19. The zero-order valence-corrected chi connectivity index (χ0v) is 14.5. The summed E-state index contributed by atoms with van der Waals surface area (Å²) in [5.41, 5.74) is 1.13. The number of aliphatic carboxylic acids is 1. The minimum atomic E-state index is -0.953. The highest BCUT2D eigenvalue weighted by atomic mass is 16.5. The van der Waals surface area contributed by atoms with Crippen molar-refractivity contribution in [2.24, 2.45) is 11.8 Å². The first-order valence-corrected chi connectivity index (χ1v) is 8.53. The van der Waals surface area contributed by atoms with Crippen molar-refractivity contribution in [1.82, 2.24) is 0 Å². The molecule has 0 saturated carbocycles. The molecule has 0 bridgehead atoms. The quantitative estimate of drug-likeness (QED) is 0.785. The Bertz CT molecular complexity index is 895. The SMILES string of the molecule is N#Cc1ccc(Oc2ccc(NC(=O)[C@H]3CC=CC[C@@H]3C(=O)O)cc2)cc1. The van der Waals surface area contributed by atoms with Gasteiger partial charge in [-0.3, -0.25) is 9.59 Å². The van der Waals surface area contributed by atoms with Crippen molar-refractivity contribution in [3.63, 3.8) is 0 Å². The smallest absolute Gasteiger partial charge is 0.307 e. The van der Waals surface area contributed by atoms with E-state index in [0.29, 0.717) is 35.6 Å². The number of nitriles is 1. The maximum Gasteiger partial charge on any atom is 0.307 e. The molecule has 1 aliphatic carbocycles. The molecule has 136 valence electrons. The van der Waals surface area contributed by atoms with Gasteiger partial charge in [-0.1, -0.05) is 12.2 Å². The summed E-state index contributed by atoms with van der Waals surface area (Å²) in [6, 6.07) is 15.6. The molecule has 1 aliphatic rings. The molecule has 6 heteroatoms. The fraction of sp³-hybridized carbons (Fsp3) is 0.190. The van der Waals surface area contributed by atoms with Gasteiger partial charge >= 0.3 is 5.97 Å². The van der Waals surface area contributed by atoms with E-state index in [0.717, 1.165) is 0 Å². The molecular weight excluding hydrogens is 344 g/mol. The number of amides is 1. The fourth-order valence-corrected chi connectivity index (χ4v) is 2.95. The molecule has 0 aromatic heterocycles. The fourth-order valence-electron chi connectivity index (χ4n) is 2.95. The third-order valence-corrected chi connectivity index (χ3v) is 4.43. The first-order valence-electron chi connectivity index (χ1n) is 8.53. The van der Waals surface area contributed by atoms with E-state index in [9.17, 15) is 14.7 Å². The minimum Gasteiger partial charge on any atom is -0.481 e. The average Bonchev–Trinajstić information content (AvgIpc) is 2.70. The Morgan fingerprint density at radius 2 is 1.52 bits per heavy atom. The van der Waals surface area contributed by atoms with Gasteiger partial charge in [-0.15, -0.1) is 0 Å². The first-order chi connectivity index (χ1) is 13.1. The Labute approximate surface area is 156 Å². The van der Waals surface area contributed by atoms with Crippen LogP contribution in [0.2, 0.25) is 0 Å². The monoisotopic (exact) mass is 362 g/mol. The van der Waals surface area contributed by atoms with Gasteiger partial charge in [0.05, 0.1) is 23.5 Å². The van der Waals surface area contributed by atoms with Crippen molar-refractivity contribution in [1.29, 1.82) is 5.26 Å². The number of nitrogens with zero attached hydrogens (tertiary/aromatic N) is 1. The number of hydrogen-bond acceptors (Lipinski definition) is 4. The lowest BCUT2D eigenvalue weighted by molar-refractivity contribution is -0.146. The number of carboxylic acid groups (broad SMARTS) is 1. The van der Waals surface area contributed by atoms with Crippen molar-refractivity contribution < 1.29 is 19.4 Å². The number of allylic oxidation sites excluding steroid dienone is 2. The van der Waals surface area contributed by atoms with Gasteiger partial charge in [-0.05, 0) is 61.4 Å². The maximum atomic E-state index is 12.5. The largest absolute Gasteiger partial charge is 0.481 e. The van der Waals surface area contributed by atoms with E-state index in [1.165, 1.54) is 0 Å². The number of nitrogens with one attached hydrogen (secondary N) is 1. The molecule has 2 aromatic carbocycles. The summed E-state index contributed by atoms with van der Waals surface area (Å²) in [5.74, 6) is -1.35. The Hall–Kier alpha value is -3.59. The molecule has 2 N–H and O–H groups in total. The lowest BCUT2D eigenvalue weighted by Gasteiger charge is -2.24. The molecule has 3 rings (SSSR count). The van der Waals surface area contributed by atoms with Gasteiger partial charge in [0.2, 0.25) is 5.91 Å². The van der Waals surface area contributed by atoms with Gasteiger partial charge in [0.25, 0.3) is 0 Å². The molecule has 0 saturated heterocycles. The second-order valence-electron chi connectivity index (χ2n) is 6.25. The normalized spacial score (nSPS) is 18.3. The first kappa shape index (κ1) is 18.2. The Morgan fingerprint density at radius 3 is 2.07 bits per heavy atom. The van der Waals surface area contributed by atoms with Gasteiger partial charge in [0.1, 0.15) is 11.5 Å². The molecule has 0 aliphatic heterocycles. The third-order valence-electron chi connectivity index (χ3n) is 4.43. The number of benzene rings is 2. The Balaban J connectivity index is 1.63. The van der Waals surface area contributed by atoms with E-state index in [1.807, 2.05) is 12.1 Å². The minimum absolute atomic E-state index is 0.299. The van der Waals surface area contributed by atoms with Crippen LogP contribution in [0.15, 0.2) is 60.7 Å². The predicted molar refractivity (Wildman–Crippen MR) is 99.3 cm³/mol. The molecule has 1 amide bonds. The van der Waals surface area contributed by atoms with Crippen LogP contribution in [-0.2, 0) is 9.59 Å². The number of carbonyl (C=O) groups excluding carboxylic acids is 1. The summed E-state index contributed by atoms with van der Waals surface area (Å²) in [4.78, 5) is 23.8. The highest BCUT2D eigenvalue weighted by Gasteiger charge is 2.33. The van der Waals surface area contributed by atoms with Crippen molar-refractivity contribution in [3.05, 3.63) is 66.2 Å². The Morgan fingerprint density at radius 1 is 0.963 bits per heavy atom. The molecule has 2 atom stereocenters. The molecule has 0 unspecified atom stereocenters. The van der Waals surface area contributed by atoms with Crippen LogP contribution in [-0.4, -0.2) is 17.0 Å². The van der Waals surface area contributed by atoms with Crippen LogP contribution in [0.4, 0.5) is 5.69 Å². The summed E-state index contributed by atoms with van der Waals surface area (Å²) in [6.07, 6.45) is 4.43. The maximum absolute atomic E-state index is 12.5. The summed E-state index contributed by atoms with van der Waals surface area (Å²) in [7, 11) is 0. The van der Waals surface area contributed by atoms with E-state index in [1.54, 1.807) is 54.6 Å². The summed E-state index contributed by atoms with van der Waals surface area (Å²) < 4.78 is 5.69. The van der Waals surface area contributed by atoms with Gasteiger partial charge in [0, 0.05) is 5.69 Å². The second-order valence-corrected chi connectivity index (χ2v) is 6.25.